The average Bonchev–Trinajstić information content (AvgIpc) is 2.28. The monoisotopic (exact) mass is 289 g/mol. The van der Waals surface area contributed by atoms with E-state index in [0.717, 1.165) is 0 Å². The Morgan fingerprint density at radius 1 is 1.28 bits per heavy atom. The number of ether oxygens (including phenoxy) is 1. The average molecular weight is 290 g/mol. The van der Waals surface area contributed by atoms with Crippen LogP contribution in [0.2, 0.25) is 5.02 Å². The predicted octanol–water partition coefficient (Wildman–Crippen LogP) is 2.14. The molecule has 0 radical (unpaired) electrons. The summed E-state index contributed by atoms with van der Waals surface area (Å²) in [6, 6.07) is 6.01. The Labute approximate surface area is 113 Å². The molecule has 0 bridgehead atoms. The van der Waals surface area contributed by atoms with Gasteiger partial charge < -0.3 is 4.74 Å². The molecule has 0 aromatic heterocycles. The van der Waals surface area contributed by atoms with Crippen LogP contribution in [0.25, 0.3) is 0 Å². The Hall–Kier alpha value is -0.620. The van der Waals surface area contributed by atoms with E-state index in [-0.39, 0.29) is 17.0 Å². The zero-order valence-electron chi connectivity index (χ0n) is 10.3. The number of rotatable bonds is 2. The first-order chi connectivity index (χ1) is 8.43. The van der Waals surface area contributed by atoms with Crippen LogP contribution in [-0.4, -0.2) is 38.0 Å². The molecule has 1 aromatic carbocycles. The van der Waals surface area contributed by atoms with Gasteiger partial charge >= 0.3 is 0 Å². The van der Waals surface area contributed by atoms with Crippen LogP contribution in [0, 0.1) is 0 Å². The summed E-state index contributed by atoms with van der Waals surface area (Å²) >= 11 is 5.85. The van der Waals surface area contributed by atoms with Crippen molar-refractivity contribution in [1.82, 2.24) is 4.31 Å². The third-order valence-corrected chi connectivity index (χ3v) is 5.32. The van der Waals surface area contributed by atoms with Gasteiger partial charge in [-0.15, -0.1) is 0 Å². The normalized spacial score (nSPS) is 26.2. The van der Waals surface area contributed by atoms with E-state index in [1.807, 2.05) is 13.8 Å². The molecule has 4 nitrogen and oxygen atoms in total. The largest absolute Gasteiger partial charge is 0.378 e. The summed E-state index contributed by atoms with van der Waals surface area (Å²) in [7, 11) is -3.51. The Morgan fingerprint density at radius 2 is 1.89 bits per heavy atom. The lowest BCUT2D eigenvalue weighted by molar-refractivity contribution is 0.00636. The van der Waals surface area contributed by atoms with E-state index in [4.69, 9.17) is 16.3 Å². The van der Waals surface area contributed by atoms with E-state index >= 15 is 0 Å². The maximum atomic E-state index is 12.6. The molecular formula is C12H16ClNO3S. The van der Waals surface area contributed by atoms with Crippen LogP contribution in [0.15, 0.2) is 29.2 Å². The number of halogens is 1. The van der Waals surface area contributed by atoms with Crippen LogP contribution in [-0.2, 0) is 14.8 Å². The number of morpholine rings is 1. The quantitative estimate of drug-likeness (QED) is 0.838. The fourth-order valence-corrected chi connectivity index (χ4v) is 4.31. The second kappa shape index (κ2) is 5.17. The summed E-state index contributed by atoms with van der Waals surface area (Å²) in [5, 5.41) is 0.421. The number of sulfonamides is 1. The van der Waals surface area contributed by atoms with Crippen molar-refractivity contribution in [3.8, 4) is 0 Å². The molecule has 1 aliphatic rings. The molecule has 6 heteroatoms. The molecule has 100 valence electrons. The number of benzene rings is 1. The first kappa shape index (κ1) is 13.8. The highest BCUT2D eigenvalue weighted by Crippen LogP contribution is 2.25. The number of hydrogen-bond acceptors (Lipinski definition) is 3. The Balaban J connectivity index is 2.41. The van der Waals surface area contributed by atoms with Crippen molar-refractivity contribution >= 4 is 21.6 Å². The van der Waals surface area contributed by atoms with Crippen molar-refractivity contribution in [3.05, 3.63) is 29.3 Å². The molecule has 1 aromatic rings. The van der Waals surface area contributed by atoms with E-state index in [1.165, 1.54) is 10.4 Å². The van der Waals surface area contributed by atoms with Crippen LogP contribution in [0.4, 0.5) is 0 Å². The second-order valence-electron chi connectivity index (χ2n) is 4.53. The molecule has 0 amide bonds. The van der Waals surface area contributed by atoms with Crippen LogP contribution < -0.4 is 0 Å². The van der Waals surface area contributed by atoms with Crippen LogP contribution in [0.5, 0.6) is 0 Å². The van der Waals surface area contributed by atoms with Gasteiger partial charge in [-0.05, 0) is 32.0 Å². The fourth-order valence-electron chi connectivity index (χ4n) is 2.21. The van der Waals surface area contributed by atoms with Gasteiger partial charge in [-0.1, -0.05) is 17.7 Å². The topological polar surface area (TPSA) is 46.6 Å². The summed E-state index contributed by atoms with van der Waals surface area (Å²) in [6.07, 6.45) is 0. The summed E-state index contributed by atoms with van der Waals surface area (Å²) < 4.78 is 32.0. The van der Waals surface area contributed by atoms with Gasteiger partial charge in [0.15, 0.2) is 0 Å². The first-order valence-corrected chi connectivity index (χ1v) is 7.61. The van der Waals surface area contributed by atoms with E-state index in [9.17, 15) is 8.42 Å². The third kappa shape index (κ3) is 2.54. The Kier molecular flexibility index (Phi) is 3.96. The van der Waals surface area contributed by atoms with Gasteiger partial charge in [0.1, 0.15) is 0 Å². The minimum Gasteiger partial charge on any atom is -0.378 e. The lowest BCUT2D eigenvalue weighted by atomic mass is 10.2. The van der Waals surface area contributed by atoms with Gasteiger partial charge in [0.25, 0.3) is 0 Å². The summed E-state index contributed by atoms with van der Waals surface area (Å²) in [4.78, 5) is 0.232. The molecule has 1 saturated heterocycles. The molecule has 2 atom stereocenters. The van der Waals surface area contributed by atoms with Crippen molar-refractivity contribution in [2.75, 3.05) is 13.2 Å². The van der Waals surface area contributed by atoms with Gasteiger partial charge in [-0.3, -0.25) is 0 Å². The van der Waals surface area contributed by atoms with Crippen molar-refractivity contribution < 1.29 is 13.2 Å². The summed E-state index contributed by atoms with van der Waals surface area (Å²) in [5.74, 6) is 0. The summed E-state index contributed by atoms with van der Waals surface area (Å²) in [5.41, 5.74) is 0. The van der Waals surface area contributed by atoms with Crippen molar-refractivity contribution in [2.45, 2.75) is 30.8 Å². The zero-order valence-corrected chi connectivity index (χ0v) is 11.9. The minimum atomic E-state index is -3.51. The lowest BCUT2D eigenvalue weighted by Gasteiger charge is -2.37. The fraction of sp³-hybridized carbons (Fsp3) is 0.500. The van der Waals surface area contributed by atoms with Crippen molar-refractivity contribution in [2.24, 2.45) is 0 Å². The molecule has 2 rings (SSSR count). The highest BCUT2D eigenvalue weighted by molar-refractivity contribution is 7.89. The molecule has 1 heterocycles. The van der Waals surface area contributed by atoms with Gasteiger partial charge in [0, 0.05) is 17.1 Å². The minimum absolute atomic E-state index is 0.169. The maximum absolute atomic E-state index is 12.6. The van der Waals surface area contributed by atoms with Crippen LogP contribution >= 0.6 is 11.6 Å². The maximum Gasteiger partial charge on any atom is 0.243 e. The molecule has 2 unspecified atom stereocenters. The predicted molar refractivity (Wildman–Crippen MR) is 70.2 cm³/mol. The standard InChI is InChI=1S/C12H16ClNO3S/c1-9-7-17-8-10(2)14(9)18(15,16)12-5-3-4-11(13)6-12/h3-6,9-10H,7-8H2,1-2H3. The molecular weight excluding hydrogens is 274 g/mol. The lowest BCUT2D eigenvalue weighted by Crippen LogP contribution is -2.52. The van der Waals surface area contributed by atoms with E-state index < -0.39 is 10.0 Å². The highest BCUT2D eigenvalue weighted by atomic mass is 35.5. The molecule has 1 aliphatic heterocycles. The second-order valence-corrected chi connectivity index (χ2v) is 6.81. The molecule has 0 N–H and O–H groups in total. The van der Waals surface area contributed by atoms with E-state index in [0.29, 0.717) is 18.2 Å². The molecule has 0 saturated carbocycles. The smallest absolute Gasteiger partial charge is 0.243 e. The zero-order chi connectivity index (χ0) is 13.3. The van der Waals surface area contributed by atoms with E-state index in [2.05, 4.69) is 0 Å². The SMILES string of the molecule is CC1COCC(C)N1S(=O)(=O)c1cccc(Cl)c1. The van der Waals surface area contributed by atoms with Gasteiger partial charge in [0.2, 0.25) is 10.0 Å². The van der Waals surface area contributed by atoms with Gasteiger partial charge in [-0.25, -0.2) is 8.42 Å². The van der Waals surface area contributed by atoms with Crippen molar-refractivity contribution in [1.29, 1.82) is 0 Å². The Bertz CT molecular complexity index is 522. The molecule has 0 aliphatic carbocycles. The number of hydrogen-bond donors (Lipinski definition) is 0. The highest BCUT2D eigenvalue weighted by Gasteiger charge is 2.36. The number of nitrogens with zero attached hydrogens (tertiary/aromatic N) is 1. The van der Waals surface area contributed by atoms with Crippen LogP contribution in [0.1, 0.15) is 13.8 Å². The third-order valence-electron chi connectivity index (χ3n) is 2.96. The van der Waals surface area contributed by atoms with Crippen molar-refractivity contribution in [3.63, 3.8) is 0 Å². The first-order valence-electron chi connectivity index (χ1n) is 5.80. The molecule has 0 spiro atoms. The van der Waals surface area contributed by atoms with Gasteiger partial charge in [0.05, 0.1) is 18.1 Å². The Morgan fingerprint density at radius 3 is 2.44 bits per heavy atom. The van der Waals surface area contributed by atoms with Crippen LogP contribution in [0.3, 0.4) is 0 Å². The summed E-state index contributed by atoms with van der Waals surface area (Å²) in [6.45, 7) is 4.53. The van der Waals surface area contributed by atoms with E-state index in [1.54, 1.807) is 18.2 Å². The van der Waals surface area contributed by atoms with Gasteiger partial charge in [-0.2, -0.15) is 4.31 Å². The molecule has 1 fully saturated rings. The molecule has 18 heavy (non-hydrogen) atoms.